The number of nitrogens with zero attached hydrogens (tertiary/aromatic N) is 5. The second-order valence-corrected chi connectivity index (χ2v) is 3.49. The Bertz CT molecular complexity index is 543. The summed E-state index contributed by atoms with van der Waals surface area (Å²) in [5, 5.41) is 7.65. The fourth-order valence-electron chi connectivity index (χ4n) is 1.54. The molecule has 0 radical (unpaired) electrons. The lowest BCUT2D eigenvalue weighted by Gasteiger charge is -2.04. The molecular weight excluding hydrogens is 222 g/mol. The Morgan fingerprint density at radius 1 is 1.47 bits per heavy atom. The van der Waals surface area contributed by atoms with Crippen LogP contribution >= 0.6 is 0 Å². The van der Waals surface area contributed by atoms with Crippen LogP contribution in [0.4, 0.5) is 0 Å². The molecule has 0 aromatic carbocycles. The number of ether oxygens (including phenoxy) is 1. The highest BCUT2D eigenvalue weighted by Gasteiger charge is 2.23. The van der Waals surface area contributed by atoms with Gasteiger partial charge >= 0.3 is 5.97 Å². The minimum absolute atomic E-state index is 0.184. The molecule has 2 heterocycles. The zero-order valence-electron chi connectivity index (χ0n) is 9.91. The second-order valence-electron chi connectivity index (χ2n) is 3.49. The van der Waals surface area contributed by atoms with E-state index in [-0.39, 0.29) is 5.69 Å². The van der Waals surface area contributed by atoms with Crippen LogP contribution in [0.15, 0.2) is 12.4 Å². The quantitative estimate of drug-likeness (QED) is 0.719. The molecule has 0 spiro atoms. The summed E-state index contributed by atoms with van der Waals surface area (Å²) in [6.07, 6.45) is 3.44. The van der Waals surface area contributed by atoms with Gasteiger partial charge in [-0.15, -0.1) is 5.10 Å². The van der Waals surface area contributed by atoms with Crippen LogP contribution in [0.1, 0.15) is 17.4 Å². The lowest BCUT2D eigenvalue weighted by Crippen LogP contribution is -2.09. The summed E-state index contributed by atoms with van der Waals surface area (Å²) < 4.78 is 8.23. The number of esters is 1. The largest absolute Gasteiger partial charge is 0.461 e. The van der Waals surface area contributed by atoms with Gasteiger partial charge in [-0.25, -0.2) is 14.5 Å². The Kier molecular flexibility index (Phi) is 2.90. The number of aromatic nitrogens is 5. The molecule has 0 saturated carbocycles. The molecule has 0 unspecified atom stereocenters. The Morgan fingerprint density at radius 2 is 2.24 bits per heavy atom. The van der Waals surface area contributed by atoms with Crippen molar-refractivity contribution >= 4 is 5.97 Å². The van der Waals surface area contributed by atoms with E-state index in [0.717, 1.165) is 0 Å². The Morgan fingerprint density at radius 3 is 2.82 bits per heavy atom. The van der Waals surface area contributed by atoms with Crippen LogP contribution in [0, 0.1) is 0 Å². The first-order valence-electron chi connectivity index (χ1n) is 5.19. The normalized spacial score (nSPS) is 10.5. The van der Waals surface area contributed by atoms with Gasteiger partial charge in [0, 0.05) is 26.5 Å². The van der Waals surface area contributed by atoms with Gasteiger partial charge in [0.25, 0.3) is 0 Å². The van der Waals surface area contributed by atoms with Gasteiger partial charge < -0.3 is 9.30 Å². The fourth-order valence-corrected chi connectivity index (χ4v) is 1.54. The number of carbonyl (C=O) groups excluding carboxylic acids is 1. The van der Waals surface area contributed by atoms with E-state index < -0.39 is 5.97 Å². The van der Waals surface area contributed by atoms with Gasteiger partial charge in [0.1, 0.15) is 5.69 Å². The first-order valence-corrected chi connectivity index (χ1v) is 5.19. The molecule has 2 aromatic rings. The van der Waals surface area contributed by atoms with Crippen molar-refractivity contribution in [1.29, 1.82) is 0 Å². The molecule has 0 aliphatic rings. The zero-order valence-corrected chi connectivity index (χ0v) is 9.91. The number of imidazole rings is 1. The SMILES string of the molecule is CCOC(=O)c1nnn(C)c1-c1nccn1C. The van der Waals surface area contributed by atoms with E-state index in [2.05, 4.69) is 15.3 Å². The molecule has 2 aromatic heterocycles. The maximum absolute atomic E-state index is 11.7. The molecule has 0 N–H and O–H groups in total. The molecule has 7 heteroatoms. The zero-order chi connectivity index (χ0) is 12.4. The molecule has 0 fully saturated rings. The summed E-state index contributed by atoms with van der Waals surface area (Å²) in [6.45, 7) is 2.05. The standard InChI is InChI=1S/C10H13N5O2/c1-4-17-10(16)7-8(15(3)13-12-7)9-11-5-6-14(9)2/h5-6H,4H2,1-3H3. The monoisotopic (exact) mass is 235 g/mol. The fraction of sp³-hybridized carbons (Fsp3) is 0.400. The first kappa shape index (κ1) is 11.3. The van der Waals surface area contributed by atoms with Crippen LogP contribution in [-0.2, 0) is 18.8 Å². The molecule has 0 amide bonds. The van der Waals surface area contributed by atoms with Gasteiger partial charge in [-0.05, 0) is 6.92 Å². The first-order chi connectivity index (χ1) is 8.15. The maximum atomic E-state index is 11.7. The highest BCUT2D eigenvalue weighted by Crippen LogP contribution is 2.19. The molecule has 0 aliphatic heterocycles. The van der Waals surface area contributed by atoms with Gasteiger partial charge in [0.15, 0.2) is 5.82 Å². The van der Waals surface area contributed by atoms with Crippen molar-refractivity contribution in [1.82, 2.24) is 24.5 Å². The summed E-state index contributed by atoms with van der Waals surface area (Å²) in [4.78, 5) is 15.9. The third-order valence-corrected chi connectivity index (χ3v) is 2.33. The molecule has 0 saturated heterocycles. The van der Waals surface area contributed by atoms with Crippen molar-refractivity contribution < 1.29 is 9.53 Å². The van der Waals surface area contributed by atoms with Crippen LogP contribution in [0.5, 0.6) is 0 Å². The summed E-state index contributed by atoms with van der Waals surface area (Å²) in [6, 6.07) is 0. The van der Waals surface area contributed by atoms with Gasteiger partial charge in [-0.1, -0.05) is 5.21 Å². The predicted molar refractivity (Wildman–Crippen MR) is 59.2 cm³/mol. The average molecular weight is 235 g/mol. The van der Waals surface area contributed by atoms with E-state index in [4.69, 9.17) is 4.74 Å². The highest BCUT2D eigenvalue weighted by molar-refractivity contribution is 5.93. The minimum Gasteiger partial charge on any atom is -0.461 e. The topological polar surface area (TPSA) is 74.8 Å². The van der Waals surface area contributed by atoms with Crippen molar-refractivity contribution in [3.63, 3.8) is 0 Å². The summed E-state index contributed by atoms with van der Waals surface area (Å²) in [5.74, 6) is 0.138. The van der Waals surface area contributed by atoms with Crippen molar-refractivity contribution in [2.45, 2.75) is 6.92 Å². The molecule has 0 aliphatic carbocycles. The van der Waals surface area contributed by atoms with E-state index in [1.54, 1.807) is 30.9 Å². The third-order valence-electron chi connectivity index (χ3n) is 2.33. The van der Waals surface area contributed by atoms with Gasteiger partial charge in [0.05, 0.1) is 6.61 Å². The second kappa shape index (κ2) is 4.36. The van der Waals surface area contributed by atoms with Gasteiger partial charge in [-0.2, -0.15) is 0 Å². The molecule has 2 rings (SSSR count). The van der Waals surface area contributed by atoms with Crippen molar-refractivity contribution in [2.24, 2.45) is 14.1 Å². The molecule has 0 atom stereocenters. The van der Waals surface area contributed by atoms with E-state index in [1.165, 1.54) is 4.68 Å². The van der Waals surface area contributed by atoms with E-state index in [0.29, 0.717) is 18.1 Å². The molecule has 17 heavy (non-hydrogen) atoms. The number of carbonyl (C=O) groups is 1. The Hall–Kier alpha value is -2.18. The van der Waals surface area contributed by atoms with Crippen molar-refractivity contribution in [3.05, 3.63) is 18.1 Å². The smallest absolute Gasteiger partial charge is 0.361 e. The van der Waals surface area contributed by atoms with Gasteiger partial charge in [-0.3, -0.25) is 0 Å². The summed E-state index contributed by atoms with van der Waals surface area (Å²) in [7, 11) is 3.55. The minimum atomic E-state index is -0.487. The predicted octanol–water partition coefficient (Wildman–Crippen LogP) is 0.392. The summed E-state index contributed by atoms with van der Waals surface area (Å²) in [5.41, 5.74) is 0.736. The van der Waals surface area contributed by atoms with Gasteiger partial charge in [0.2, 0.25) is 5.69 Å². The van der Waals surface area contributed by atoms with Crippen molar-refractivity contribution in [3.8, 4) is 11.5 Å². The van der Waals surface area contributed by atoms with Crippen LogP contribution in [0.2, 0.25) is 0 Å². The molecular formula is C10H13N5O2. The number of rotatable bonds is 3. The van der Waals surface area contributed by atoms with Crippen LogP contribution in [0.3, 0.4) is 0 Å². The van der Waals surface area contributed by atoms with E-state index in [9.17, 15) is 4.79 Å². The number of hydrogen-bond donors (Lipinski definition) is 0. The number of aryl methyl sites for hydroxylation is 2. The molecule has 90 valence electrons. The highest BCUT2D eigenvalue weighted by atomic mass is 16.5. The Balaban J connectivity index is 2.50. The third kappa shape index (κ3) is 1.91. The average Bonchev–Trinajstić information content (AvgIpc) is 2.85. The van der Waals surface area contributed by atoms with Crippen LogP contribution in [0.25, 0.3) is 11.5 Å². The summed E-state index contributed by atoms with van der Waals surface area (Å²) >= 11 is 0. The maximum Gasteiger partial charge on any atom is 0.361 e. The number of hydrogen-bond acceptors (Lipinski definition) is 5. The van der Waals surface area contributed by atoms with Crippen LogP contribution in [-0.4, -0.2) is 37.1 Å². The lowest BCUT2D eigenvalue weighted by atomic mass is 10.3. The van der Waals surface area contributed by atoms with Crippen molar-refractivity contribution in [2.75, 3.05) is 6.61 Å². The Labute approximate surface area is 98.0 Å². The van der Waals surface area contributed by atoms with Crippen LogP contribution < -0.4 is 0 Å². The molecule has 7 nitrogen and oxygen atoms in total. The molecule has 0 bridgehead atoms. The van der Waals surface area contributed by atoms with E-state index >= 15 is 0 Å². The lowest BCUT2D eigenvalue weighted by molar-refractivity contribution is 0.0520. The van der Waals surface area contributed by atoms with E-state index in [1.807, 2.05) is 7.05 Å².